The second-order valence-corrected chi connectivity index (χ2v) is 15.9. The van der Waals surface area contributed by atoms with Crippen LogP contribution < -0.4 is 30.6 Å². The Morgan fingerprint density at radius 1 is 0.964 bits per heavy atom. The van der Waals surface area contributed by atoms with Crippen molar-refractivity contribution in [2.75, 3.05) is 37.7 Å². The maximum atomic E-state index is 13.4. The van der Waals surface area contributed by atoms with Gasteiger partial charge < -0.3 is 24.6 Å². The van der Waals surface area contributed by atoms with Gasteiger partial charge in [-0.15, -0.1) is 5.10 Å². The zero-order valence-electron chi connectivity index (χ0n) is 31.4. The molecule has 3 aromatic carbocycles. The molecular formula is C40H41ClN8O7. The van der Waals surface area contributed by atoms with E-state index in [9.17, 15) is 29.2 Å². The van der Waals surface area contributed by atoms with E-state index >= 15 is 0 Å². The van der Waals surface area contributed by atoms with Crippen molar-refractivity contribution in [3.8, 4) is 17.6 Å². The lowest BCUT2D eigenvalue weighted by atomic mass is 9.49. The summed E-state index contributed by atoms with van der Waals surface area (Å²) < 4.78 is 13.1. The number of nitrogens with zero attached hydrogens (tertiary/aromatic N) is 6. The number of carbonyl (C=O) groups is 4. The van der Waals surface area contributed by atoms with Gasteiger partial charge in [0.05, 0.1) is 16.0 Å². The molecule has 0 bridgehead atoms. The molecule has 0 radical (unpaired) electrons. The number of rotatable bonds is 9. The molecule has 3 aliphatic rings. The van der Waals surface area contributed by atoms with Gasteiger partial charge in [0.2, 0.25) is 5.91 Å². The van der Waals surface area contributed by atoms with E-state index in [1.807, 2.05) is 12.1 Å². The summed E-state index contributed by atoms with van der Waals surface area (Å²) in [6.45, 7) is 10.1. The Bertz CT molecular complexity index is 2310. The fourth-order valence-electron chi connectivity index (χ4n) is 8.33. The summed E-state index contributed by atoms with van der Waals surface area (Å²) in [5, 5.41) is 23.1. The minimum Gasteiger partial charge on any atom is -0.489 e. The topological polar surface area (TPSA) is 189 Å². The Labute approximate surface area is 327 Å². The lowest BCUT2D eigenvalue weighted by Gasteiger charge is -2.63. The van der Waals surface area contributed by atoms with E-state index in [4.69, 9.17) is 21.1 Å². The number of ether oxygens (including phenoxy) is 2. The summed E-state index contributed by atoms with van der Waals surface area (Å²) >= 11 is 6.23. The van der Waals surface area contributed by atoms with Crippen molar-refractivity contribution in [1.29, 1.82) is 5.26 Å². The second kappa shape index (κ2) is 14.9. The number of hydrogen-bond acceptors (Lipinski definition) is 11. The summed E-state index contributed by atoms with van der Waals surface area (Å²) in [6, 6.07) is 18.0. The Balaban J connectivity index is 0.903. The van der Waals surface area contributed by atoms with E-state index in [0.29, 0.717) is 59.3 Å². The highest BCUT2D eigenvalue weighted by atomic mass is 35.5. The van der Waals surface area contributed by atoms with Crippen molar-refractivity contribution in [2.24, 2.45) is 10.8 Å². The number of amides is 4. The third kappa shape index (κ3) is 7.24. The van der Waals surface area contributed by atoms with Crippen molar-refractivity contribution in [3.05, 3.63) is 87.2 Å². The van der Waals surface area contributed by atoms with Crippen LogP contribution in [0.1, 0.15) is 62.5 Å². The van der Waals surface area contributed by atoms with Gasteiger partial charge in [-0.3, -0.25) is 29.3 Å². The summed E-state index contributed by atoms with van der Waals surface area (Å²) in [4.78, 5) is 67.5. The van der Waals surface area contributed by atoms with E-state index in [2.05, 4.69) is 59.6 Å². The largest absolute Gasteiger partial charge is 0.489 e. The number of anilines is 1. The number of nitrogens with one attached hydrogen (secondary N) is 2. The van der Waals surface area contributed by atoms with Gasteiger partial charge in [0, 0.05) is 66.8 Å². The molecule has 4 amide bonds. The second-order valence-electron chi connectivity index (χ2n) is 15.5. The van der Waals surface area contributed by atoms with E-state index in [-0.39, 0.29) is 48.8 Å². The van der Waals surface area contributed by atoms with Crippen LogP contribution in [0.4, 0.5) is 5.69 Å². The van der Waals surface area contributed by atoms with Gasteiger partial charge in [-0.2, -0.15) is 9.94 Å². The van der Waals surface area contributed by atoms with Gasteiger partial charge in [-0.1, -0.05) is 44.5 Å². The van der Waals surface area contributed by atoms with Crippen LogP contribution in [0.3, 0.4) is 0 Å². The highest BCUT2D eigenvalue weighted by Crippen LogP contribution is 2.55. The lowest BCUT2D eigenvalue weighted by molar-refractivity contribution is -0.164. The number of halogens is 1. The Hall–Kier alpha value is -6.01. The number of benzene rings is 3. The zero-order chi connectivity index (χ0) is 39.9. The number of piperidine rings is 1. The number of imide groups is 1. The van der Waals surface area contributed by atoms with Crippen LogP contribution in [0, 0.1) is 22.2 Å². The first-order valence-electron chi connectivity index (χ1n) is 18.3. The minimum absolute atomic E-state index is 0.0876. The van der Waals surface area contributed by atoms with Crippen LogP contribution >= 0.6 is 11.6 Å². The molecule has 4 aromatic rings. The molecule has 1 atom stereocenters. The highest BCUT2D eigenvalue weighted by Gasteiger charge is 2.64. The summed E-state index contributed by atoms with van der Waals surface area (Å²) in [7, 11) is 0. The monoisotopic (exact) mass is 780 g/mol. The van der Waals surface area contributed by atoms with Crippen LogP contribution in [-0.4, -0.2) is 88.5 Å². The molecule has 0 spiro atoms. The first-order chi connectivity index (χ1) is 26.7. The molecule has 1 unspecified atom stereocenters. The average Bonchev–Trinajstić information content (AvgIpc) is 3.18. The molecule has 3 heterocycles. The van der Waals surface area contributed by atoms with Crippen LogP contribution in [-0.2, 0) is 14.4 Å². The van der Waals surface area contributed by atoms with Crippen molar-refractivity contribution < 1.29 is 28.7 Å². The maximum absolute atomic E-state index is 13.4. The Morgan fingerprint density at radius 3 is 2.32 bits per heavy atom. The molecule has 1 aromatic heterocycles. The molecular weight excluding hydrogens is 740 g/mol. The van der Waals surface area contributed by atoms with Crippen LogP contribution in [0.2, 0.25) is 5.02 Å². The summed E-state index contributed by atoms with van der Waals surface area (Å²) in [6.07, 6.45) is 0.0110. The SMILES string of the molecule is CC1(C)C(NC(=O)c2ccc(N3CCN(C(=O)COc4ccc5nnn(C6CCC(=O)NC6=O)c(=O)c5c4)CC3)cc2)C(C)(C)C1Oc1ccc(C#N)c(Cl)c1. The van der Waals surface area contributed by atoms with Gasteiger partial charge >= 0.3 is 0 Å². The molecule has 7 rings (SSSR count). The lowest BCUT2D eigenvalue weighted by Crippen LogP contribution is -2.74. The summed E-state index contributed by atoms with van der Waals surface area (Å²) in [5.41, 5.74) is 0.815. The molecule has 1 saturated carbocycles. The molecule has 2 saturated heterocycles. The molecule has 3 fully saturated rings. The quantitative estimate of drug-likeness (QED) is 0.236. The number of hydrogen-bond donors (Lipinski definition) is 2. The van der Waals surface area contributed by atoms with Gasteiger partial charge in [-0.25, -0.2) is 0 Å². The van der Waals surface area contributed by atoms with Gasteiger partial charge in [0.1, 0.15) is 35.2 Å². The van der Waals surface area contributed by atoms with Gasteiger partial charge in [0.15, 0.2) is 6.61 Å². The van der Waals surface area contributed by atoms with Crippen molar-refractivity contribution in [3.63, 3.8) is 0 Å². The highest BCUT2D eigenvalue weighted by molar-refractivity contribution is 6.31. The molecule has 2 N–H and O–H groups in total. The number of nitriles is 1. The van der Waals surface area contributed by atoms with Crippen molar-refractivity contribution >= 4 is 51.8 Å². The zero-order valence-corrected chi connectivity index (χ0v) is 32.1. The van der Waals surface area contributed by atoms with E-state index in [1.54, 1.807) is 47.4 Å². The number of piperazine rings is 1. The average molecular weight is 781 g/mol. The van der Waals surface area contributed by atoms with Crippen LogP contribution in [0.15, 0.2) is 65.5 Å². The van der Waals surface area contributed by atoms with Crippen LogP contribution in [0.25, 0.3) is 10.9 Å². The van der Waals surface area contributed by atoms with Crippen LogP contribution in [0.5, 0.6) is 11.5 Å². The third-order valence-corrected chi connectivity index (χ3v) is 11.4. The molecule has 15 nitrogen and oxygen atoms in total. The number of aromatic nitrogens is 3. The molecule has 2 aliphatic heterocycles. The normalized spacial score (nSPS) is 21.4. The van der Waals surface area contributed by atoms with Gasteiger partial charge in [0.25, 0.3) is 23.3 Å². The van der Waals surface area contributed by atoms with E-state index < -0.39 is 34.2 Å². The molecule has 16 heteroatoms. The van der Waals surface area contributed by atoms with E-state index in [0.717, 1.165) is 10.4 Å². The third-order valence-electron chi connectivity index (χ3n) is 11.1. The Kier molecular flexibility index (Phi) is 10.2. The summed E-state index contributed by atoms with van der Waals surface area (Å²) in [5.74, 6) is -0.541. The molecule has 290 valence electrons. The predicted octanol–water partition coefficient (Wildman–Crippen LogP) is 3.63. The number of fused-ring (bicyclic) bond motifs is 1. The predicted molar refractivity (Wildman–Crippen MR) is 205 cm³/mol. The Morgan fingerprint density at radius 2 is 1.66 bits per heavy atom. The fourth-order valence-corrected chi connectivity index (χ4v) is 8.54. The maximum Gasteiger partial charge on any atom is 0.278 e. The first kappa shape index (κ1) is 38.3. The van der Waals surface area contributed by atoms with Crippen molar-refractivity contribution in [2.45, 2.75) is 58.7 Å². The standard InChI is InChI=1S/C40H41ClN8O7/c1-39(2)37(40(3,4)38(39)56-27-10-7-24(21-42)29(41)20-27)44-34(52)23-5-8-25(9-6-23)47-15-17-48(18-16-47)33(51)22-55-26-11-12-30-28(19-26)36(54)49(46-45-30)31-13-14-32(50)43-35(31)53/h5-12,19-20,31,37-38H,13-18,22H2,1-4H3,(H,44,52)(H,43,50,53). The molecule has 1 aliphatic carbocycles. The minimum atomic E-state index is -0.948. The fraction of sp³-hybridized carbons (Fsp3) is 0.400. The smallest absolute Gasteiger partial charge is 0.278 e. The van der Waals surface area contributed by atoms with E-state index in [1.165, 1.54) is 6.07 Å². The van der Waals surface area contributed by atoms with Crippen molar-refractivity contribution in [1.82, 2.24) is 30.5 Å². The number of carbonyl (C=O) groups excluding carboxylic acids is 4. The molecule has 56 heavy (non-hydrogen) atoms. The first-order valence-corrected chi connectivity index (χ1v) is 18.7. The van der Waals surface area contributed by atoms with Gasteiger partial charge in [-0.05, 0) is 61.0 Å².